The molecule has 0 fully saturated rings. The predicted molar refractivity (Wildman–Crippen MR) is 85.6 cm³/mol. The van der Waals surface area contributed by atoms with E-state index in [1.807, 2.05) is 42.7 Å². The zero-order chi connectivity index (χ0) is 15.2. The summed E-state index contributed by atoms with van der Waals surface area (Å²) >= 11 is 0. The van der Waals surface area contributed by atoms with Gasteiger partial charge in [-0.05, 0) is 37.1 Å². The molecule has 22 heavy (non-hydrogen) atoms. The summed E-state index contributed by atoms with van der Waals surface area (Å²) in [7, 11) is 0. The van der Waals surface area contributed by atoms with Crippen LogP contribution >= 0.6 is 0 Å². The molecule has 0 spiro atoms. The van der Waals surface area contributed by atoms with Crippen LogP contribution in [0.2, 0.25) is 0 Å². The zero-order valence-electron chi connectivity index (χ0n) is 12.3. The lowest BCUT2D eigenvalue weighted by Gasteiger charge is -2.08. The molecular formula is C18H17N3O. The number of benzene rings is 2. The van der Waals surface area contributed by atoms with Gasteiger partial charge in [-0.25, -0.2) is 4.98 Å². The minimum atomic E-state index is 0.586. The summed E-state index contributed by atoms with van der Waals surface area (Å²) in [5.74, 6) is 0.665. The number of nitrogens with zero attached hydrogens (tertiary/aromatic N) is 3. The topological polar surface area (TPSA) is 50.8 Å². The molecule has 3 aromatic rings. The highest BCUT2D eigenvalue weighted by molar-refractivity contribution is 5.74. The molecule has 0 amide bonds. The maximum atomic E-state index is 9.01. The van der Waals surface area contributed by atoms with E-state index in [2.05, 4.69) is 21.7 Å². The van der Waals surface area contributed by atoms with Gasteiger partial charge in [-0.1, -0.05) is 24.3 Å². The van der Waals surface area contributed by atoms with Crippen LogP contribution in [-0.4, -0.2) is 16.2 Å². The maximum Gasteiger partial charge on any atom is 0.137 e. The number of rotatable bonds is 6. The van der Waals surface area contributed by atoms with E-state index in [4.69, 9.17) is 10.00 Å². The van der Waals surface area contributed by atoms with Crippen LogP contribution in [0.4, 0.5) is 0 Å². The first-order valence-corrected chi connectivity index (χ1v) is 7.40. The highest BCUT2D eigenvalue weighted by Gasteiger charge is 2.03. The minimum absolute atomic E-state index is 0.586. The van der Waals surface area contributed by atoms with E-state index in [0.29, 0.717) is 17.9 Å². The fourth-order valence-electron chi connectivity index (χ4n) is 2.44. The molecule has 1 aromatic heterocycles. The average molecular weight is 291 g/mol. The Bertz CT molecular complexity index is 801. The molecule has 4 heteroatoms. The lowest BCUT2D eigenvalue weighted by Crippen LogP contribution is -2.02. The second-order valence-electron chi connectivity index (χ2n) is 5.09. The van der Waals surface area contributed by atoms with Gasteiger partial charge in [0.15, 0.2) is 0 Å². The molecule has 3 rings (SSSR count). The number of imidazole rings is 1. The van der Waals surface area contributed by atoms with Crippen molar-refractivity contribution in [2.75, 3.05) is 6.61 Å². The molecular weight excluding hydrogens is 274 g/mol. The Morgan fingerprint density at radius 2 is 1.86 bits per heavy atom. The van der Waals surface area contributed by atoms with Crippen molar-refractivity contribution in [1.29, 1.82) is 5.26 Å². The normalized spacial score (nSPS) is 10.5. The van der Waals surface area contributed by atoms with E-state index in [0.717, 1.165) is 24.9 Å². The van der Waals surface area contributed by atoms with Gasteiger partial charge in [-0.2, -0.15) is 5.26 Å². The van der Waals surface area contributed by atoms with E-state index in [9.17, 15) is 0 Å². The smallest absolute Gasteiger partial charge is 0.137 e. The van der Waals surface area contributed by atoms with Crippen LogP contribution in [0, 0.1) is 11.3 Å². The Morgan fingerprint density at radius 1 is 1.05 bits per heavy atom. The first kappa shape index (κ1) is 14.2. The lowest BCUT2D eigenvalue weighted by molar-refractivity contribution is 0.302. The molecule has 0 aliphatic heterocycles. The first-order valence-electron chi connectivity index (χ1n) is 7.40. The van der Waals surface area contributed by atoms with Crippen LogP contribution in [0.1, 0.15) is 18.4 Å². The van der Waals surface area contributed by atoms with Gasteiger partial charge in [-0.15, -0.1) is 0 Å². The highest BCUT2D eigenvalue weighted by atomic mass is 16.5. The number of aromatic nitrogens is 2. The monoisotopic (exact) mass is 291 g/mol. The van der Waals surface area contributed by atoms with Gasteiger partial charge >= 0.3 is 0 Å². The van der Waals surface area contributed by atoms with Crippen molar-refractivity contribution in [3.8, 4) is 11.8 Å². The first-order chi connectivity index (χ1) is 10.9. The molecule has 0 saturated carbocycles. The molecule has 0 bridgehead atoms. The maximum absolute atomic E-state index is 9.01. The summed E-state index contributed by atoms with van der Waals surface area (Å²) in [6, 6.07) is 17.6. The molecule has 0 saturated heterocycles. The van der Waals surface area contributed by atoms with Gasteiger partial charge in [0, 0.05) is 6.54 Å². The number of fused-ring (bicyclic) bond motifs is 1. The van der Waals surface area contributed by atoms with Crippen molar-refractivity contribution in [2.45, 2.75) is 19.4 Å². The molecule has 0 unspecified atom stereocenters. The summed E-state index contributed by atoms with van der Waals surface area (Å²) in [4.78, 5) is 4.38. The quantitative estimate of drug-likeness (QED) is 0.650. The molecule has 2 aromatic carbocycles. The van der Waals surface area contributed by atoms with Gasteiger partial charge in [-0.3, -0.25) is 0 Å². The van der Waals surface area contributed by atoms with Gasteiger partial charge in [0.05, 0.1) is 29.5 Å². The molecule has 0 N–H and O–H groups in total. The van der Waals surface area contributed by atoms with E-state index < -0.39 is 0 Å². The number of nitriles is 1. The van der Waals surface area contributed by atoms with E-state index in [-0.39, 0.29) is 0 Å². The number of ether oxygens (including phenoxy) is 1. The van der Waals surface area contributed by atoms with Crippen LogP contribution in [0.25, 0.3) is 11.0 Å². The van der Waals surface area contributed by atoms with Crippen LogP contribution in [0.5, 0.6) is 5.75 Å². The molecule has 110 valence electrons. The summed E-state index contributed by atoms with van der Waals surface area (Å²) in [6.45, 7) is 1.54. The molecule has 1 heterocycles. The van der Waals surface area contributed by atoms with Crippen molar-refractivity contribution in [2.24, 2.45) is 0 Å². The number of unbranched alkanes of at least 4 members (excludes halogenated alkanes) is 1. The second-order valence-corrected chi connectivity index (χ2v) is 5.09. The van der Waals surface area contributed by atoms with Crippen LogP contribution in [0.15, 0.2) is 54.9 Å². The minimum Gasteiger partial charge on any atom is -0.492 e. The molecule has 4 nitrogen and oxygen atoms in total. The fourth-order valence-corrected chi connectivity index (χ4v) is 2.44. The Morgan fingerprint density at radius 3 is 2.77 bits per heavy atom. The Labute approximate surface area is 129 Å². The molecule has 0 atom stereocenters. The molecule has 0 aliphatic rings. The summed E-state index contributed by atoms with van der Waals surface area (Å²) in [6.07, 6.45) is 3.83. The summed E-state index contributed by atoms with van der Waals surface area (Å²) in [5, 5.41) is 9.01. The van der Waals surface area contributed by atoms with Gasteiger partial charge < -0.3 is 9.30 Å². The molecule has 0 aliphatic carbocycles. The standard InChI is InChI=1S/C18H17N3O/c19-13-15-7-1-4-10-18(15)22-12-6-5-11-21-14-20-16-8-2-3-9-17(16)21/h1-4,7-10,14H,5-6,11-12H2. The van der Waals surface area contributed by atoms with Crippen molar-refractivity contribution >= 4 is 11.0 Å². The van der Waals surface area contributed by atoms with Gasteiger partial charge in [0.25, 0.3) is 0 Å². The SMILES string of the molecule is N#Cc1ccccc1OCCCCn1cnc2ccccc21. The number of hydrogen-bond acceptors (Lipinski definition) is 3. The third-order valence-electron chi connectivity index (χ3n) is 3.59. The van der Waals surface area contributed by atoms with Gasteiger partial charge in [0.2, 0.25) is 0 Å². The van der Waals surface area contributed by atoms with Gasteiger partial charge in [0.1, 0.15) is 11.8 Å². The van der Waals surface area contributed by atoms with E-state index in [1.165, 1.54) is 5.52 Å². The van der Waals surface area contributed by atoms with Crippen molar-refractivity contribution in [1.82, 2.24) is 9.55 Å². The average Bonchev–Trinajstić information content (AvgIpc) is 2.98. The van der Waals surface area contributed by atoms with Crippen LogP contribution in [-0.2, 0) is 6.54 Å². The van der Waals surface area contributed by atoms with Crippen molar-refractivity contribution in [3.05, 3.63) is 60.4 Å². The molecule has 0 radical (unpaired) electrons. The number of para-hydroxylation sites is 3. The third-order valence-corrected chi connectivity index (χ3v) is 3.59. The number of aryl methyl sites for hydroxylation is 1. The van der Waals surface area contributed by atoms with E-state index >= 15 is 0 Å². The third kappa shape index (κ3) is 3.09. The summed E-state index contributed by atoms with van der Waals surface area (Å²) < 4.78 is 7.85. The largest absolute Gasteiger partial charge is 0.492 e. The highest BCUT2D eigenvalue weighted by Crippen LogP contribution is 2.17. The van der Waals surface area contributed by atoms with Crippen molar-refractivity contribution < 1.29 is 4.74 Å². The zero-order valence-corrected chi connectivity index (χ0v) is 12.3. The Hall–Kier alpha value is -2.80. The second kappa shape index (κ2) is 6.77. The van der Waals surface area contributed by atoms with Crippen LogP contribution < -0.4 is 4.74 Å². The van der Waals surface area contributed by atoms with Crippen molar-refractivity contribution in [3.63, 3.8) is 0 Å². The fraction of sp³-hybridized carbons (Fsp3) is 0.222. The Kier molecular flexibility index (Phi) is 4.35. The summed E-state index contributed by atoms with van der Waals surface area (Å²) in [5.41, 5.74) is 2.78. The Balaban J connectivity index is 1.49. The predicted octanol–water partition coefficient (Wildman–Crippen LogP) is 3.77. The van der Waals surface area contributed by atoms with Crippen LogP contribution in [0.3, 0.4) is 0 Å². The van der Waals surface area contributed by atoms with E-state index in [1.54, 1.807) is 6.07 Å². The lowest BCUT2D eigenvalue weighted by atomic mass is 10.2. The number of hydrogen-bond donors (Lipinski definition) is 0.